The van der Waals surface area contributed by atoms with Crippen molar-refractivity contribution in [2.45, 2.75) is 13.3 Å². The Balaban J connectivity index is 2.43. The van der Waals surface area contributed by atoms with Crippen LogP contribution in [0, 0.1) is 0 Å². The molecule has 1 aromatic carbocycles. The average molecular weight is 308 g/mol. The molecule has 0 aliphatic heterocycles. The van der Waals surface area contributed by atoms with Crippen molar-refractivity contribution >= 4 is 11.8 Å². The molecule has 22 heavy (non-hydrogen) atoms. The standard InChI is InChI=1S/C16H24N2O4/c1-13(19)18(9-5-11-21-2)10-8-17-16(20)14-6-4-7-15(12-14)22-3/h4,6-7,12H,5,8-11H2,1-3H3,(H,17,20). The monoisotopic (exact) mass is 308 g/mol. The third kappa shape index (κ3) is 6.13. The van der Waals surface area contributed by atoms with Gasteiger partial charge in [0.25, 0.3) is 5.91 Å². The summed E-state index contributed by atoms with van der Waals surface area (Å²) in [5.74, 6) is 0.448. The van der Waals surface area contributed by atoms with E-state index in [2.05, 4.69) is 5.32 Å². The zero-order valence-corrected chi connectivity index (χ0v) is 13.4. The number of ether oxygens (including phenoxy) is 2. The number of hydrogen-bond donors (Lipinski definition) is 1. The quantitative estimate of drug-likeness (QED) is 0.699. The molecule has 1 N–H and O–H groups in total. The molecular formula is C16H24N2O4. The number of amides is 2. The second-order valence-electron chi connectivity index (χ2n) is 4.84. The summed E-state index contributed by atoms with van der Waals surface area (Å²) in [4.78, 5) is 25.3. The fourth-order valence-corrected chi connectivity index (χ4v) is 2.00. The lowest BCUT2D eigenvalue weighted by Crippen LogP contribution is -2.38. The number of benzene rings is 1. The maximum Gasteiger partial charge on any atom is 0.251 e. The highest BCUT2D eigenvalue weighted by Crippen LogP contribution is 2.12. The van der Waals surface area contributed by atoms with E-state index in [4.69, 9.17) is 9.47 Å². The number of hydrogen-bond acceptors (Lipinski definition) is 4. The second-order valence-corrected chi connectivity index (χ2v) is 4.84. The predicted octanol–water partition coefficient (Wildman–Crippen LogP) is 1.31. The molecule has 1 rings (SSSR count). The molecule has 1 aromatic rings. The Bertz CT molecular complexity index is 491. The highest BCUT2D eigenvalue weighted by Gasteiger charge is 2.10. The Morgan fingerprint density at radius 3 is 2.64 bits per heavy atom. The second kappa shape index (κ2) is 9.78. The molecule has 2 amide bonds. The molecular weight excluding hydrogens is 284 g/mol. The van der Waals surface area contributed by atoms with Gasteiger partial charge in [0, 0.05) is 45.8 Å². The van der Waals surface area contributed by atoms with Crippen LogP contribution in [0.3, 0.4) is 0 Å². The highest BCUT2D eigenvalue weighted by atomic mass is 16.5. The minimum absolute atomic E-state index is 0.00766. The Morgan fingerprint density at radius 2 is 2.00 bits per heavy atom. The van der Waals surface area contributed by atoms with Gasteiger partial charge in [-0.2, -0.15) is 0 Å². The minimum Gasteiger partial charge on any atom is -0.497 e. The maximum absolute atomic E-state index is 12.0. The molecule has 0 atom stereocenters. The van der Waals surface area contributed by atoms with Gasteiger partial charge in [0.2, 0.25) is 5.91 Å². The number of carbonyl (C=O) groups is 2. The Kier molecular flexibility index (Phi) is 7.99. The molecule has 0 fully saturated rings. The van der Waals surface area contributed by atoms with E-state index in [1.807, 2.05) is 0 Å². The number of nitrogens with one attached hydrogen (secondary N) is 1. The summed E-state index contributed by atoms with van der Waals surface area (Å²) in [6, 6.07) is 6.94. The topological polar surface area (TPSA) is 67.9 Å². The third-order valence-electron chi connectivity index (χ3n) is 3.22. The number of rotatable bonds is 9. The van der Waals surface area contributed by atoms with Gasteiger partial charge in [-0.25, -0.2) is 0 Å². The summed E-state index contributed by atoms with van der Waals surface area (Å²) in [7, 11) is 3.19. The molecule has 0 aromatic heterocycles. The summed E-state index contributed by atoms with van der Waals surface area (Å²) < 4.78 is 10.1. The van der Waals surface area contributed by atoms with E-state index in [0.29, 0.717) is 37.6 Å². The van der Waals surface area contributed by atoms with Crippen LogP contribution in [-0.2, 0) is 9.53 Å². The van der Waals surface area contributed by atoms with Crippen LogP contribution < -0.4 is 10.1 Å². The summed E-state index contributed by atoms with van der Waals surface area (Å²) in [6.45, 7) is 3.65. The molecule has 0 saturated carbocycles. The number of methoxy groups -OCH3 is 2. The van der Waals surface area contributed by atoms with Crippen LogP contribution in [0.5, 0.6) is 5.75 Å². The van der Waals surface area contributed by atoms with Crippen molar-refractivity contribution in [3.63, 3.8) is 0 Å². The first kappa shape index (κ1) is 18.0. The Morgan fingerprint density at radius 1 is 1.23 bits per heavy atom. The average Bonchev–Trinajstić information content (AvgIpc) is 2.53. The minimum atomic E-state index is -0.181. The van der Waals surface area contributed by atoms with Crippen LogP contribution in [0.4, 0.5) is 0 Å². The molecule has 0 saturated heterocycles. The molecule has 0 spiro atoms. The summed E-state index contributed by atoms with van der Waals surface area (Å²) in [5, 5.41) is 2.81. The van der Waals surface area contributed by atoms with Crippen LogP contribution in [0.15, 0.2) is 24.3 Å². The SMILES string of the molecule is COCCCN(CCNC(=O)c1cccc(OC)c1)C(C)=O. The van der Waals surface area contributed by atoms with Crippen molar-refractivity contribution in [3.8, 4) is 5.75 Å². The maximum atomic E-state index is 12.0. The first-order valence-electron chi connectivity index (χ1n) is 7.25. The largest absolute Gasteiger partial charge is 0.497 e. The Hall–Kier alpha value is -2.08. The van der Waals surface area contributed by atoms with Crippen LogP contribution in [0.1, 0.15) is 23.7 Å². The number of nitrogens with zero attached hydrogens (tertiary/aromatic N) is 1. The molecule has 0 aliphatic carbocycles. The summed E-state index contributed by atoms with van der Waals surface area (Å²) in [6.07, 6.45) is 0.778. The van der Waals surface area contributed by atoms with Crippen LogP contribution >= 0.6 is 0 Å². The van der Waals surface area contributed by atoms with Gasteiger partial charge < -0.3 is 19.7 Å². The van der Waals surface area contributed by atoms with Crippen molar-refractivity contribution < 1.29 is 19.1 Å². The number of carbonyl (C=O) groups excluding carboxylic acids is 2. The van der Waals surface area contributed by atoms with Crippen molar-refractivity contribution in [1.29, 1.82) is 0 Å². The first-order valence-corrected chi connectivity index (χ1v) is 7.25. The molecule has 122 valence electrons. The zero-order valence-electron chi connectivity index (χ0n) is 13.4. The van der Waals surface area contributed by atoms with Gasteiger partial charge in [0.1, 0.15) is 5.75 Å². The van der Waals surface area contributed by atoms with E-state index in [1.165, 1.54) is 6.92 Å². The van der Waals surface area contributed by atoms with Crippen molar-refractivity contribution in [1.82, 2.24) is 10.2 Å². The normalized spacial score (nSPS) is 10.1. The Labute approximate surface area is 131 Å². The highest BCUT2D eigenvalue weighted by molar-refractivity contribution is 5.94. The molecule has 0 radical (unpaired) electrons. The van der Waals surface area contributed by atoms with Crippen LogP contribution in [0.2, 0.25) is 0 Å². The van der Waals surface area contributed by atoms with E-state index < -0.39 is 0 Å². The third-order valence-corrected chi connectivity index (χ3v) is 3.22. The summed E-state index contributed by atoms with van der Waals surface area (Å²) >= 11 is 0. The van der Waals surface area contributed by atoms with Gasteiger partial charge in [0.05, 0.1) is 7.11 Å². The van der Waals surface area contributed by atoms with Gasteiger partial charge in [-0.1, -0.05) is 6.07 Å². The van der Waals surface area contributed by atoms with E-state index in [1.54, 1.807) is 43.4 Å². The van der Waals surface area contributed by atoms with Crippen molar-refractivity contribution in [2.75, 3.05) is 40.5 Å². The van der Waals surface area contributed by atoms with Gasteiger partial charge in [-0.15, -0.1) is 0 Å². The van der Waals surface area contributed by atoms with Crippen molar-refractivity contribution in [2.24, 2.45) is 0 Å². The predicted molar refractivity (Wildman–Crippen MR) is 84.1 cm³/mol. The van der Waals surface area contributed by atoms with E-state index in [-0.39, 0.29) is 11.8 Å². The fourth-order valence-electron chi connectivity index (χ4n) is 2.00. The molecule has 0 aliphatic rings. The first-order chi connectivity index (χ1) is 10.6. The van der Waals surface area contributed by atoms with E-state index in [9.17, 15) is 9.59 Å². The fraction of sp³-hybridized carbons (Fsp3) is 0.500. The van der Waals surface area contributed by atoms with Gasteiger partial charge in [0.15, 0.2) is 0 Å². The van der Waals surface area contributed by atoms with E-state index >= 15 is 0 Å². The van der Waals surface area contributed by atoms with Crippen LogP contribution in [-0.4, -0.2) is 57.2 Å². The van der Waals surface area contributed by atoms with Gasteiger partial charge in [-0.3, -0.25) is 9.59 Å². The molecule has 6 nitrogen and oxygen atoms in total. The lowest BCUT2D eigenvalue weighted by Gasteiger charge is -2.21. The lowest BCUT2D eigenvalue weighted by atomic mass is 10.2. The van der Waals surface area contributed by atoms with Gasteiger partial charge >= 0.3 is 0 Å². The van der Waals surface area contributed by atoms with Crippen LogP contribution in [0.25, 0.3) is 0 Å². The van der Waals surface area contributed by atoms with Crippen molar-refractivity contribution in [3.05, 3.63) is 29.8 Å². The molecule has 0 bridgehead atoms. The van der Waals surface area contributed by atoms with Gasteiger partial charge in [-0.05, 0) is 24.6 Å². The molecule has 0 heterocycles. The summed E-state index contributed by atoms with van der Waals surface area (Å²) in [5.41, 5.74) is 0.535. The van der Waals surface area contributed by atoms with E-state index in [0.717, 1.165) is 6.42 Å². The molecule has 6 heteroatoms. The molecule has 0 unspecified atom stereocenters. The lowest BCUT2D eigenvalue weighted by molar-refractivity contribution is -0.129. The zero-order chi connectivity index (χ0) is 16.4. The smallest absolute Gasteiger partial charge is 0.251 e.